The van der Waals surface area contributed by atoms with Crippen LogP contribution >= 0.6 is 0 Å². The standard InChI is InChI=1S/C22H23N3O3/c1-15(22(26)24-18-5-2-4-16(12-18)14-23)25-9-3-6-19(25)17-7-8-20-21(13-17)28-11-10-27-20/h2,4-5,7-8,12-13,15,19H,3,6,9-11H2,1H3,(H,24,26)/t15-,19+/m0/s1. The molecule has 6 heteroatoms. The van der Waals surface area contributed by atoms with Gasteiger partial charge in [0.2, 0.25) is 5.91 Å². The first kappa shape index (κ1) is 18.3. The summed E-state index contributed by atoms with van der Waals surface area (Å²) in [5.74, 6) is 1.49. The van der Waals surface area contributed by atoms with E-state index in [1.807, 2.05) is 19.1 Å². The smallest absolute Gasteiger partial charge is 0.241 e. The Hall–Kier alpha value is -3.04. The van der Waals surface area contributed by atoms with Crippen molar-refractivity contribution in [3.63, 3.8) is 0 Å². The lowest BCUT2D eigenvalue weighted by molar-refractivity contribution is -0.121. The SMILES string of the molecule is C[C@@H](C(=O)Nc1cccc(C#N)c1)N1CCC[C@@H]1c1ccc2c(c1)OCCO2. The molecular weight excluding hydrogens is 354 g/mol. The molecule has 0 spiro atoms. The van der Waals surface area contributed by atoms with Gasteiger partial charge in [-0.15, -0.1) is 0 Å². The first-order valence-corrected chi connectivity index (χ1v) is 9.62. The third kappa shape index (κ3) is 3.67. The average Bonchev–Trinajstić information content (AvgIpc) is 3.22. The van der Waals surface area contributed by atoms with Crippen molar-refractivity contribution in [1.82, 2.24) is 4.90 Å². The molecule has 0 radical (unpaired) electrons. The third-order valence-electron chi connectivity index (χ3n) is 5.38. The second-order valence-electron chi connectivity index (χ2n) is 7.16. The molecule has 2 aromatic carbocycles. The van der Waals surface area contributed by atoms with Gasteiger partial charge in [0.05, 0.1) is 17.7 Å². The molecule has 0 saturated carbocycles. The number of likely N-dealkylation sites (tertiary alicyclic amines) is 1. The lowest BCUT2D eigenvalue weighted by atomic mass is 10.0. The van der Waals surface area contributed by atoms with Gasteiger partial charge in [0.25, 0.3) is 0 Å². The van der Waals surface area contributed by atoms with Crippen molar-refractivity contribution in [3.05, 3.63) is 53.6 Å². The molecule has 2 heterocycles. The zero-order chi connectivity index (χ0) is 19.5. The van der Waals surface area contributed by atoms with E-state index in [9.17, 15) is 4.79 Å². The Morgan fingerprint density at radius 3 is 2.86 bits per heavy atom. The first-order chi connectivity index (χ1) is 13.7. The van der Waals surface area contributed by atoms with E-state index in [1.54, 1.807) is 24.3 Å². The van der Waals surface area contributed by atoms with Crippen LogP contribution in [-0.2, 0) is 4.79 Å². The van der Waals surface area contributed by atoms with Crippen LogP contribution in [0, 0.1) is 11.3 Å². The van der Waals surface area contributed by atoms with Crippen LogP contribution in [0.2, 0.25) is 0 Å². The number of carbonyl (C=O) groups is 1. The number of nitrogens with zero attached hydrogens (tertiary/aromatic N) is 2. The Bertz CT molecular complexity index is 921. The van der Waals surface area contributed by atoms with Gasteiger partial charge in [-0.05, 0) is 62.2 Å². The van der Waals surface area contributed by atoms with Crippen LogP contribution in [0.15, 0.2) is 42.5 Å². The molecule has 1 N–H and O–H groups in total. The molecule has 1 amide bonds. The molecule has 0 unspecified atom stereocenters. The van der Waals surface area contributed by atoms with Crippen LogP contribution in [0.3, 0.4) is 0 Å². The summed E-state index contributed by atoms with van der Waals surface area (Å²) >= 11 is 0. The summed E-state index contributed by atoms with van der Waals surface area (Å²) in [6.45, 7) is 3.93. The molecule has 28 heavy (non-hydrogen) atoms. The van der Waals surface area contributed by atoms with Crippen molar-refractivity contribution < 1.29 is 14.3 Å². The van der Waals surface area contributed by atoms with E-state index < -0.39 is 0 Å². The van der Waals surface area contributed by atoms with Gasteiger partial charge in [0, 0.05) is 11.7 Å². The third-order valence-corrected chi connectivity index (χ3v) is 5.38. The van der Waals surface area contributed by atoms with Crippen molar-refractivity contribution in [2.75, 3.05) is 25.1 Å². The first-order valence-electron chi connectivity index (χ1n) is 9.62. The highest BCUT2D eigenvalue weighted by Crippen LogP contribution is 2.39. The fourth-order valence-corrected chi connectivity index (χ4v) is 3.94. The topological polar surface area (TPSA) is 74.6 Å². The normalized spacial score (nSPS) is 19.6. The summed E-state index contributed by atoms with van der Waals surface area (Å²) in [5, 5.41) is 12.0. The predicted octanol–water partition coefficient (Wildman–Crippen LogP) is 3.49. The van der Waals surface area contributed by atoms with Crippen molar-refractivity contribution >= 4 is 11.6 Å². The molecule has 6 nitrogen and oxygen atoms in total. The average molecular weight is 377 g/mol. The lowest BCUT2D eigenvalue weighted by Crippen LogP contribution is -2.41. The number of ether oxygens (including phenoxy) is 2. The minimum atomic E-state index is -0.286. The molecule has 2 aliphatic heterocycles. The summed E-state index contributed by atoms with van der Waals surface area (Å²) in [5.41, 5.74) is 2.32. The summed E-state index contributed by atoms with van der Waals surface area (Å²) in [6.07, 6.45) is 2.04. The van der Waals surface area contributed by atoms with Crippen molar-refractivity contribution in [2.24, 2.45) is 0 Å². The number of fused-ring (bicyclic) bond motifs is 1. The minimum absolute atomic E-state index is 0.0699. The summed E-state index contributed by atoms with van der Waals surface area (Å²) in [6, 6.07) is 15.0. The molecule has 1 fully saturated rings. The fourth-order valence-electron chi connectivity index (χ4n) is 3.94. The number of nitrogens with one attached hydrogen (secondary N) is 1. The molecule has 1 saturated heterocycles. The summed E-state index contributed by atoms with van der Waals surface area (Å²) in [7, 11) is 0. The Morgan fingerprint density at radius 1 is 1.21 bits per heavy atom. The van der Waals surface area contributed by atoms with Crippen molar-refractivity contribution in [2.45, 2.75) is 31.8 Å². The van der Waals surface area contributed by atoms with E-state index in [0.717, 1.165) is 36.4 Å². The highest BCUT2D eigenvalue weighted by Gasteiger charge is 2.33. The van der Waals surface area contributed by atoms with Crippen LogP contribution in [0.1, 0.15) is 36.9 Å². The molecule has 2 aliphatic rings. The van der Waals surface area contributed by atoms with Gasteiger partial charge in [0.15, 0.2) is 11.5 Å². The highest BCUT2D eigenvalue weighted by molar-refractivity contribution is 5.94. The number of carbonyl (C=O) groups excluding carboxylic acids is 1. The van der Waals surface area contributed by atoms with Gasteiger partial charge >= 0.3 is 0 Å². The predicted molar refractivity (Wildman–Crippen MR) is 105 cm³/mol. The molecule has 2 aromatic rings. The van der Waals surface area contributed by atoms with E-state index in [-0.39, 0.29) is 18.0 Å². The number of benzene rings is 2. The number of hydrogen-bond donors (Lipinski definition) is 1. The summed E-state index contributed by atoms with van der Waals surface area (Å²) in [4.78, 5) is 15.1. The lowest BCUT2D eigenvalue weighted by Gasteiger charge is -2.31. The van der Waals surface area contributed by atoms with Gasteiger partial charge < -0.3 is 14.8 Å². The van der Waals surface area contributed by atoms with Crippen LogP contribution in [-0.4, -0.2) is 36.6 Å². The van der Waals surface area contributed by atoms with E-state index >= 15 is 0 Å². The maximum atomic E-state index is 12.8. The number of hydrogen-bond acceptors (Lipinski definition) is 5. The Kier molecular flexibility index (Phi) is 5.18. The van der Waals surface area contributed by atoms with E-state index in [2.05, 4.69) is 22.4 Å². The van der Waals surface area contributed by atoms with Crippen LogP contribution < -0.4 is 14.8 Å². The molecule has 0 aliphatic carbocycles. The van der Waals surface area contributed by atoms with E-state index in [0.29, 0.717) is 24.5 Å². The van der Waals surface area contributed by atoms with Crippen LogP contribution in [0.25, 0.3) is 0 Å². The Labute approximate surface area is 164 Å². The minimum Gasteiger partial charge on any atom is -0.486 e. The maximum absolute atomic E-state index is 12.8. The van der Waals surface area contributed by atoms with Crippen molar-refractivity contribution in [1.29, 1.82) is 5.26 Å². The van der Waals surface area contributed by atoms with Gasteiger partial charge in [0.1, 0.15) is 13.2 Å². The number of rotatable bonds is 4. The zero-order valence-corrected chi connectivity index (χ0v) is 15.9. The second kappa shape index (κ2) is 7.91. The molecular formula is C22H23N3O3. The van der Waals surface area contributed by atoms with Crippen molar-refractivity contribution in [3.8, 4) is 17.6 Å². The van der Waals surface area contributed by atoms with Gasteiger partial charge in [-0.1, -0.05) is 12.1 Å². The van der Waals surface area contributed by atoms with Crippen LogP contribution in [0.4, 0.5) is 5.69 Å². The quantitative estimate of drug-likeness (QED) is 0.883. The van der Waals surface area contributed by atoms with E-state index in [4.69, 9.17) is 14.7 Å². The van der Waals surface area contributed by atoms with Gasteiger partial charge in [-0.3, -0.25) is 9.69 Å². The Balaban J connectivity index is 1.49. The summed E-state index contributed by atoms with van der Waals surface area (Å²) < 4.78 is 11.3. The zero-order valence-electron chi connectivity index (χ0n) is 15.9. The molecule has 4 rings (SSSR count). The number of anilines is 1. The second-order valence-corrected chi connectivity index (χ2v) is 7.16. The maximum Gasteiger partial charge on any atom is 0.241 e. The Morgan fingerprint density at radius 2 is 2.04 bits per heavy atom. The molecule has 0 bridgehead atoms. The number of nitriles is 1. The largest absolute Gasteiger partial charge is 0.486 e. The molecule has 144 valence electrons. The van der Waals surface area contributed by atoms with Gasteiger partial charge in [-0.2, -0.15) is 5.26 Å². The van der Waals surface area contributed by atoms with Crippen LogP contribution in [0.5, 0.6) is 11.5 Å². The molecule has 2 atom stereocenters. The van der Waals surface area contributed by atoms with Gasteiger partial charge in [-0.25, -0.2) is 0 Å². The molecule has 0 aromatic heterocycles. The monoisotopic (exact) mass is 377 g/mol. The highest BCUT2D eigenvalue weighted by atomic mass is 16.6. The fraction of sp³-hybridized carbons (Fsp3) is 0.364. The van der Waals surface area contributed by atoms with E-state index in [1.165, 1.54) is 0 Å². The number of amides is 1.